The van der Waals surface area contributed by atoms with E-state index < -0.39 is 0 Å². The molecule has 0 atom stereocenters. The maximum atomic E-state index is 11.3. The van der Waals surface area contributed by atoms with Crippen molar-refractivity contribution in [2.45, 2.75) is 26.4 Å². The van der Waals surface area contributed by atoms with E-state index in [4.69, 9.17) is 5.26 Å². The fraction of sp³-hybridized carbons (Fsp3) is 0.429. The summed E-state index contributed by atoms with van der Waals surface area (Å²) in [6.07, 6.45) is 0. The van der Waals surface area contributed by atoms with Crippen molar-refractivity contribution in [1.82, 2.24) is 4.90 Å². The highest BCUT2D eigenvalue weighted by atomic mass is 16.5. The average Bonchev–Trinajstić information content (AvgIpc) is 2.37. The number of benzene rings is 1. The summed E-state index contributed by atoms with van der Waals surface area (Å²) >= 11 is 0. The zero-order valence-electron chi connectivity index (χ0n) is 11.0. The van der Waals surface area contributed by atoms with Crippen molar-refractivity contribution in [1.29, 1.82) is 5.26 Å². The van der Waals surface area contributed by atoms with Crippen LogP contribution < -0.4 is 0 Å². The normalized spacial score (nSPS) is 10.4. The Balaban J connectivity index is 2.77. The Morgan fingerprint density at radius 3 is 2.78 bits per heavy atom. The summed E-state index contributed by atoms with van der Waals surface area (Å²) in [5, 5.41) is 8.85. The van der Waals surface area contributed by atoms with Crippen LogP contribution in [0.5, 0.6) is 0 Å². The number of methoxy groups -OCH3 is 1. The number of hydrogen-bond acceptors (Lipinski definition) is 4. The fourth-order valence-electron chi connectivity index (χ4n) is 1.63. The Morgan fingerprint density at radius 1 is 1.50 bits per heavy atom. The van der Waals surface area contributed by atoms with Crippen LogP contribution >= 0.6 is 0 Å². The summed E-state index contributed by atoms with van der Waals surface area (Å²) in [6.45, 7) is 4.93. The third kappa shape index (κ3) is 4.19. The van der Waals surface area contributed by atoms with Gasteiger partial charge in [0, 0.05) is 12.6 Å². The summed E-state index contributed by atoms with van der Waals surface area (Å²) in [6, 6.07) is 9.75. The molecule has 0 saturated carbocycles. The van der Waals surface area contributed by atoms with E-state index in [1.54, 1.807) is 6.07 Å². The molecule has 0 aliphatic carbocycles. The van der Waals surface area contributed by atoms with Crippen molar-refractivity contribution in [2.24, 2.45) is 0 Å². The Labute approximate surface area is 108 Å². The Bertz CT molecular complexity index is 449. The van der Waals surface area contributed by atoms with Gasteiger partial charge in [-0.1, -0.05) is 12.1 Å². The van der Waals surface area contributed by atoms with Crippen molar-refractivity contribution in [2.75, 3.05) is 13.7 Å². The second kappa shape index (κ2) is 6.77. The number of ether oxygens (including phenoxy) is 1. The average molecular weight is 246 g/mol. The van der Waals surface area contributed by atoms with E-state index in [1.807, 2.05) is 36.9 Å². The second-order valence-electron chi connectivity index (χ2n) is 4.39. The van der Waals surface area contributed by atoms with Gasteiger partial charge < -0.3 is 4.74 Å². The number of carbonyl (C=O) groups excluding carboxylic acids is 1. The van der Waals surface area contributed by atoms with Gasteiger partial charge >= 0.3 is 5.97 Å². The van der Waals surface area contributed by atoms with Crippen LogP contribution in [-0.4, -0.2) is 30.6 Å². The molecule has 0 aromatic heterocycles. The SMILES string of the molecule is COC(=O)CN(Cc1cccc(C#N)c1)C(C)C. The van der Waals surface area contributed by atoms with E-state index in [2.05, 4.69) is 10.8 Å². The molecule has 1 aromatic rings. The summed E-state index contributed by atoms with van der Waals surface area (Å²) in [4.78, 5) is 13.3. The topological polar surface area (TPSA) is 53.3 Å². The van der Waals surface area contributed by atoms with Gasteiger partial charge in [0.25, 0.3) is 0 Å². The molecule has 0 radical (unpaired) electrons. The molecule has 0 aliphatic rings. The molecule has 4 heteroatoms. The zero-order chi connectivity index (χ0) is 13.5. The molecule has 0 unspecified atom stereocenters. The van der Waals surface area contributed by atoms with Crippen LogP contribution in [0.25, 0.3) is 0 Å². The van der Waals surface area contributed by atoms with Gasteiger partial charge in [-0.2, -0.15) is 5.26 Å². The van der Waals surface area contributed by atoms with Gasteiger partial charge in [0.05, 0.1) is 25.3 Å². The molecule has 1 rings (SSSR count). The zero-order valence-corrected chi connectivity index (χ0v) is 11.0. The summed E-state index contributed by atoms with van der Waals surface area (Å²) in [5.41, 5.74) is 1.65. The molecule has 0 bridgehead atoms. The molecule has 18 heavy (non-hydrogen) atoms. The molecule has 4 nitrogen and oxygen atoms in total. The molecule has 0 saturated heterocycles. The van der Waals surface area contributed by atoms with Crippen LogP contribution in [0.2, 0.25) is 0 Å². The lowest BCUT2D eigenvalue weighted by Crippen LogP contribution is -2.35. The summed E-state index contributed by atoms with van der Waals surface area (Å²) in [7, 11) is 1.39. The van der Waals surface area contributed by atoms with Crippen LogP contribution in [0.3, 0.4) is 0 Å². The van der Waals surface area contributed by atoms with E-state index in [0.717, 1.165) is 5.56 Å². The van der Waals surface area contributed by atoms with Crippen LogP contribution in [-0.2, 0) is 16.1 Å². The lowest BCUT2D eigenvalue weighted by atomic mass is 10.1. The van der Waals surface area contributed by atoms with Crippen molar-refractivity contribution < 1.29 is 9.53 Å². The molecule has 1 aromatic carbocycles. The van der Waals surface area contributed by atoms with Crippen LogP contribution in [0.15, 0.2) is 24.3 Å². The third-order valence-corrected chi connectivity index (χ3v) is 2.73. The predicted octanol–water partition coefficient (Wildman–Crippen LogP) is 1.94. The first-order valence-electron chi connectivity index (χ1n) is 5.86. The van der Waals surface area contributed by atoms with Crippen LogP contribution in [0, 0.1) is 11.3 Å². The second-order valence-corrected chi connectivity index (χ2v) is 4.39. The maximum absolute atomic E-state index is 11.3. The molecule has 0 N–H and O–H groups in total. The first-order chi connectivity index (χ1) is 8.56. The van der Waals surface area contributed by atoms with Crippen molar-refractivity contribution in [3.63, 3.8) is 0 Å². The molecule has 96 valence electrons. The number of esters is 1. The van der Waals surface area contributed by atoms with Crippen LogP contribution in [0.4, 0.5) is 0 Å². The highest BCUT2D eigenvalue weighted by Gasteiger charge is 2.14. The minimum absolute atomic E-state index is 0.231. The predicted molar refractivity (Wildman–Crippen MR) is 68.7 cm³/mol. The lowest BCUT2D eigenvalue weighted by molar-refractivity contribution is -0.142. The molecule has 0 spiro atoms. The maximum Gasteiger partial charge on any atom is 0.319 e. The monoisotopic (exact) mass is 246 g/mol. The highest BCUT2D eigenvalue weighted by molar-refractivity contribution is 5.71. The lowest BCUT2D eigenvalue weighted by Gasteiger charge is -2.25. The van der Waals surface area contributed by atoms with E-state index in [9.17, 15) is 4.79 Å². The minimum Gasteiger partial charge on any atom is -0.468 e. The first kappa shape index (κ1) is 14.2. The largest absolute Gasteiger partial charge is 0.468 e. The Kier molecular flexibility index (Phi) is 5.34. The first-order valence-corrected chi connectivity index (χ1v) is 5.86. The van der Waals surface area contributed by atoms with Gasteiger partial charge in [0.1, 0.15) is 0 Å². The summed E-state index contributed by atoms with van der Waals surface area (Å²) < 4.78 is 4.68. The van der Waals surface area contributed by atoms with Crippen molar-refractivity contribution in [3.05, 3.63) is 35.4 Å². The third-order valence-electron chi connectivity index (χ3n) is 2.73. The number of carbonyl (C=O) groups is 1. The smallest absolute Gasteiger partial charge is 0.319 e. The molecular weight excluding hydrogens is 228 g/mol. The number of rotatable bonds is 5. The van der Waals surface area contributed by atoms with E-state index >= 15 is 0 Å². The Hall–Kier alpha value is -1.86. The standard InChI is InChI=1S/C14H18N2O2/c1-11(2)16(10-14(17)18-3)9-13-6-4-5-12(7-13)8-15/h4-7,11H,9-10H2,1-3H3. The van der Waals surface area contributed by atoms with Gasteiger partial charge in [-0.05, 0) is 31.5 Å². The van der Waals surface area contributed by atoms with Gasteiger partial charge in [0.15, 0.2) is 0 Å². The molecule has 0 fully saturated rings. The number of nitriles is 1. The van der Waals surface area contributed by atoms with E-state index in [0.29, 0.717) is 12.1 Å². The Morgan fingerprint density at radius 2 is 2.22 bits per heavy atom. The van der Waals surface area contributed by atoms with Crippen LogP contribution in [0.1, 0.15) is 25.0 Å². The van der Waals surface area contributed by atoms with Crippen molar-refractivity contribution in [3.8, 4) is 6.07 Å². The number of nitrogens with zero attached hydrogens (tertiary/aromatic N) is 2. The highest BCUT2D eigenvalue weighted by Crippen LogP contribution is 2.10. The minimum atomic E-state index is -0.250. The molecule has 0 heterocycles. The number of hydrogen-bond donors (Lipinski definition) is 0. The quantitative estimate of drug-likeness (QED) is 0.745. The molecular formula is C14H18N2O2. The van der Waals surface area contributed by atoms with Gasteiger partial charge in [-0.3, -0.25) is 9.69 Å². The van der Waals surface area contributed by atoms with Gasteiger partial charge in [0.2, 0.25) is 0 Å². The van der Waals surface area contributed by atoms with E-state index in [-0.39, 0.29) is 18.6 Å². The van der Waals surface area contributed by atoms with Crippen molar-refractivity contribution >= 4 is 5.97 Å². The molecule has 0 amide bonds. The molecule has 0 aliphatic heterocycles. The van der Waals surface area contributed by atoms with Gasteiger partial charge in [-0.15, -0.1) is 0 Å². The van der Waals surface area contributed by atoms with Gasteiger partial charge in [-0.25, -0.2) is 0 Å². The van der Waals surface area contributed by atoms with E-state index in [1.165, 1.54) is 7.11 Å². The fourth-order valence-corrected chi connectivity index (χ4v) is 1.63. The summed E-state index contributed by atoms with van der Waals surface area (Å²) in [5.74, 6) is -0.250.